The molecule has 0 aliphatic carbocycles. The maximum atomic E-state index is 11.5. The zero-order valence-corrected chi connectivity index (χ0v) is 10.5. The van der Waals surface area contributed by atoms with Crippen LogP contribution in [0, 0.1) is 0 Å². The first-order chi connectivity index (χ1) is 9.33. The number of carbonyl (C=O) groups excluding carboxylic acids is 1. The molecular formula is C14H16N4O. The van der Waals surface area contributed by atoms with E-state index in [2.05, 4.69) is 15.6 Å². The summed E-state index contributed by atoms with van der Waals surface area (Å²) in [5.74, 6) is 0. The van der Waals surface area contributed by atoms with Crippen LogP contribution in [0.15, 0.2) is 42.6 Å². The van der Waals surface area contributed by atoms with Gasteiger partial charge in [-0.1, -0.05) is 0 Å². The minimum absolute atomic E-state index is 0.0212. The highest BCUT2D eigenvalue weighted by Gasteiger charge is 2.20. The van der Waals surface area contributed by atoms with Crippen LogP contribution in [-0.4, -0.2) is 24.1 Å². The minimum Gasteiger partial charge on any atom is -0.379 e. The Morgan fingerprint density at radius 3 is 2.68 bits per heavy atom. The van der Waals surface area contributed by atoms with Gasteiger partial charge in [0.05, 0.1) is 6.54 Å². The molecule has 3 rings (SSSR count). The Morgan fingerprint density at radius 1 is 1.21 bits per heavy atom. The molecule has 2 aromatic rings. The Balaban J connectivity index is 1.64. The van der Waals surface area contributed by atoms with Gasteiger partial charge in [-0.15, -0.1) is 0 Å². The number of aromatic nitrogens is 1. The quantitative estimate of drug-likeness (QED) is 0.785. The second kappa shape index (κ2) is 5.06. The van der Waals surface area contributed by atoms with E-state index >= 15 is 0 Å². The summed E-state index contributed by atoms with van der Waals surface area (Å²) in [6, 6.07) is 11.9. The summed E-state index contributed by atoms with van der Waals surface area (Å²) in [5, 5.41) is 6.12. The number of nitrogens with zero attached hydrogens (tertiary/aromatic N) is 1. The fraction of sp³-hybridized carbons (Fsp3) is 0.214. The van der Waals surface area contributed by atoms with Crippen LogP contribution in [0.2, 0.25) is 0 Å². The molecule has 3 N–H and O–H groups in total. The van der Waals surface area contributed by atoms with E-state index in [4.69, 9.17) is 0 Å². The minimum atomic E-state index is -0.0212. The van der Waals surface area contributed by atoms with Gasteiger partial charge in [-0.25, -0.2) is 4.79 Å². The van der Waals surface area contributed by atoms with E-state index in [1.54, 1.807) is 4.90 Å². The van der Waals surface area contributed by atoms with Crippen molar-refractivity contribution in [2.75, 3.05) is 23.3 Å². The average Bonchev–Trinajstić information content (AvgIpc) is 3.08. The van der Waals surface area contributed by atoms with Gasteiger partial charge in [-0.05, 0) is 36.4 Å². The lowest BCUT2D eigenvalue weighted by atomic mass is 10.2. The monoisotopic (exact) mass is 256 g/mol. The van der Waals surface area contributed by atoms with Crippen LogP contribution in [0.25, 0.3) is 0 Å². The second-order valence-corrected chi connectivity index (χ2v) is 4.48. The number of urea groups is 1. The lowest BCUT2D eigenvalue weighted by molar-refractivity contribution is 0.252. The number of aromatic amines is 1. The molecule has 0 radical (unpaired) electrons. The van der Waals surface area contributed by atoms with E-state index in [0.29, 0.717) is 6.54 Å². The van der Waals surface area contributed by atoms with E-state index in [-0.39, 0.29) is 6.03 Å². The molecule has 5 heteroatoms. The largest absolute Gasteiger partial charge is 0.379 e. The van der Waals surface area contributed by atoms with Crippen molar-refractivity contribution in [2.45, 2.75) is 6.54 Å². The first kappa shape index (κ1) is 11.6. The van der Waals surface area contributed by atoms with Gasteiger partial charge in [-0.3, -0.25) is 4.90 Å². The summed E-state index contributed by atoms with van der Waals surface area (Å²) in [5.41, 5.74) is 3.11. The van der Waals surface area contributed by atoms with Gasteiger partial charge in [0, 0.05) is 36.4 Å². The van der Waals surface area contributed by atoms with Crippen molar-refractivity contribution < 1.29 is 4.79 Å². The van der Waals surface area contributed by atoms with Crippen molar-refractivity contribution in [2.24, 2.45) is 0 Å². The molecule has 0 spiro atoms. The normalized spacial score (nSPS) is 14.5. The molecule has 0 unspecified atom stereocenters. The molecule has 1 aromatic heterocycles. The summed E-state index contributed by atoms with van der Waals surface area (Å²) >= 11 is 0. The molecule has 5 nitrogen and oxygen atoms in total. The molecule has 2 amide bonds. The summed E-state index contributed by atoms with van der Waals surface area (Å²) in [6.45, 7) is 2.20. The van der Waals surface area contributed by atoms with E-state index in [1.807, 2.05) is 42.6 Å². The predicted octanol–water partition coefficient (Wildman–Crippen LogP) is 2.16. The fourth-order valence-corrected chi connectivity index (χ4v) is 2.15. The Kier molecular flexibility index (Phi) is 3.10. The summed E-state index contributed by atoms with van der Waals surface area (Å²) in [7, 11) is 0. The third-order valence-electron chi connectivity index (χ3n) is 3.18. The second-order valence-electron chi connectivity index (χ2n) is 4.48. The summed E-state index contributed by atoms with van der Waals surface area (Å²) < 4.78 is 0. The zero-order chi connectivity index (χ0) is 13.1. The number of benzene rings is 1. The fourth-order valence-electron chi connectivity index (χ4n) is 2.15. The van der Waals surface area contributed by atoms with Gasteiger partial charge in [-0.2, -0.15) is 0 Å². The van der Waals surface area contributed by atoms with Crippen molar-refractivity contribution in [1.29, 1.82) is 0 Å². The first-order valence-electron chi connectivity index (χ1n) is 6.34. The molecule has 1 aliphatic rings. The van der Waals surface area contributed by atoms with Gasteiger partial charge in [0.25, 0.3) is 0 Å². The molecule has 98 valence electrons. The Morgan fingerprint density at radius 2 is 2.05 bits per heavy atom. The molecule has 0 bridgehead atoms. The zero-order valence-electron chi connectivity index (χ0n) is 10.5. The van der Waals surface area contributed by atoms with Gasteiger partial charge in [0.15, 0.2) is 0 Å². The van der Waals surface area contributed by atoms with E-state index in [1.165, 1.54) is 0 Å². The molecule has 0 saturated carbocycles. The highest BCUT2D eigenvalue weighted by Crippen LogP contribution is 2.19. The molecular weight excluding hydrogens is 240 g/mol. The number of hydrogen-bond acceptors (Lipinski definition) is 2. The van der Waals surface area contributed by atoms with Crippen LogP contribution in [0.3, 0.4) is 0 Å². The molecule has 1 aliphatic heterocycles. The van der Waals surface area contributed by atoms with Crippen LogP contribution >= 0.6 is 0 Å². The van der Waals surface area contributed by atoms with Gasteiger partial charge in [0.2, 0.25) is 0 Å². The molecule has 19 heavy (non-hydrogen) atoms. The van der Waals surface area contributed by atoms with Gasteiger partial charge < -0.3 is 15.6 Å². The number of nitrogens with one attached hydrogen (secondary N) is 3. The highest BCUT2D eigenvalue weighted by atomic mass is 16.2. The number of hydrogen-bond donors (Lipinski definition) is 3. The van der Waals surface area contributed by atoms with E-state index < -0.39 is 0 Å². The standard InChI is InChI=1S/C14H16N4O/c19-14-16-8-9-18(14)13-5-3-11(4-6-13)17-10-12-2-1-7-15-12/h1-7,15,17H,8-10H2,(H,16,19). The molecule has 1 saturated heterocycles. The maximum absolute atomic E-state index is 11.5. The summed E-state index contributed by atoms with van der Waals surface area (Å²) in [6.07, 6.45) is 1.91. The van der Waals surface area contributed by atoms with Crippen molar-refractivity contribution in [3.05, 3.63) is 48.3 Å². The number of rotatable bonds is 4. The van der Waals surface area contributed by atoms with Gasteiger partial charge >= 0.3 is 6.03 Å². The van der Waals surface area contributed by atoms with Crippen molar-refractivity contribution >= 4 is 17.4 Å². The van der Waals surface area contributed by atoms with Crippen LogP contribution in [-0.2, 0) is 6.54 Å². The van der Waals surface area contributed by atoms with E-state index in [9.17, 15) is 4.79 Å². The van der Waals surface area contributed by atoms with Crippen LogP contribution in [0.4, 0.5) is 16.2 Å². The van der Waals surface area contributed by atoms with Crippen LogP contribution in [0.1, 0.15) is 5.69 Å². The average molecular weight is 256 g/mol. The Labute approximate surface area is 111 Å². The van der Waals surface area contributed by atoms with Crippen molar-refractivity contribution in [3.8, 4) is 0 Å². The lowest BCUT2D eigenvalue weighted by Gasteiger charge is -2.14. The van der Waals surface area contributed by atoms with E-state index in [0.717, 1.165) is 30.2 Å². The van der Waals surface area contributed by atoms with Crippen molar-refractivity contribution in [1.82, 2.24) is 10.3 Å². The number of amides is 2. The smallest absolute Gasteiger partial charge is 0.321 e. The first-order valence-corrected chi connectivity index (χ1v) is 6.34. The molecule has 1 aromatic carbocycles. The third kappa shape index (κ3) is 2.54. The Bertz CT molecular complexity index is 547. The van der Waals surface area contributed by atoms with Crippen LogP contribution in [0.5, 0.6) is 0 Å². The SMILES string of the molecule is O=C1NCCN1c1ccc(NCc2ccc[nH]2)cc1. The number of H-pyrrole nitrogens is 1. The third-order valence-corrected chi connectivity index (χ3v) is 3.18. The van der Waals surface area contributed by atoms with Crippen molar-refractivity contribution in [3.63, 3.8) is 0 Å². The number of anilines is 2. The Hall–Kier alpha value is -2.43. The maximum Gasteiger partial charge on any atom is 0.321 e. The molecule has 2 heterocycles. The topological polar surface area (TPSA) is 60.2 Å². The van der Waals surface area contributed by atoms with Crippen LogP contribution < -0.4 is 15.5 Å². The highest BCUT2D eigenvalue weighted by molar-refractivity contribution is 5.94. The van der Waals surface area contributed by atoms with Gasteiger partial charge in [0.1, 0.15) is 0 Å². The predicted molar refractivity (Wildman–Crippen MR) is 75.3 cm³/mol. The summed E-state index contributed by atoms with van der Waals surface area (Å²) in [4.78, 5) is 16.4. The molecule has 1 fully saturated rings. The number of carbonyl (C=O) groups is 1. The lowest BCUT2D eigenvalue weighted by Crippen LogP contribution is -2.27. The molecule has 0 atom stereocenters.